The predicted molar refractivity (Wildman–Crippen MR) is 44.2 cm³/mol. The van der Waals surface area contributed by atoms with Crippen molar-refractivity contribution in [3.63, 3.8) is 0 Å². The highest BCUT2D eigenvalue weighted by atomic mass is 19.4. The molecule has 0 bridgehead atoms. The molecule has 1 aliphatic heterocycles. The van der Waals surface area contributed by atoms with Crippen molar-refractivity contribution in [1.82, 2.24) is 5.32 Å². The summed E-state index contributed by atoms with van der Waals surface area (Å²) in [5.74, 6) is -4.22. The Hall–Kier alpha value is -1.79. The van der Waals surface area contributed by atoms with Crippen LogP contribution in [-0.4, -0.2) is 6.36 Å². The first-order valence-electron chi connectivity index (χ1n) is 4.09. The van der Waals surface area contributed by atoms with E-state index in [4.69, 9.17) is 0 Å². The van der Waals surface area contributed by atoms with E-state index in [2.05, 4.69) is 10.1 Å². The number of halogens is 5. The Balaban J connectivity index is 2.35. The fraction of sp³-hybridized carbons (Fsp3) is 0.111. The van der Waals surface area contributed by atoms with E-state index in [-0.39, 0.29) is 5.56 Å². The Morgan fingerprint density at radius 3 is 2.19 bits per heavy atom. The van der Waals surface area contributed by atoms with Gasteiger partial charge in [0.05, 0.1) is 5.70 Å². The highest BCUT2D eigenvalue weighted by Gasteiger charge is 2.33. The number of hydrogen-bond donors (Lipinski definition) is 1. The monoisotopic (exact) mass is 237 g/mol. The smallest absolute Gasteiger partial charge is 0.403 e. The molecule has 0 amide bonds. The minimum Gasteiger partial charge on any atom is -0.403 e. The van der Waals surface area contributed by atoms with Crippen LogP contribution >= 0.6 is 0 Å². The van der Waals surface area contributed by atoms with E-state index in [0.717, 1.165) is 12.1 Å². The van der Waals surface area contributed by atoms with Gasteiger partial charge in [0.2, 0.25) is 5.82 Å². The Morgan fingerprint density at radius 1 is 1.06 bits per heavy atom. The molecule has 0 spiro atoms. The summed E-state index contributed by atoms with van der Waals surface area (Å²) in [6.45, 7) is 0. The molecule has 2 nitrogen and oxygen atoms in total. The molecule has 1 aromatic carbocycles. The highest BCUT2D eigenvalue weighted by molar-refractivity contribution is 5.74. The summed E-state index contributed by atoms with van der Waals surface area (Å²) >= 11 is 0. The zero-order chi connectivity index (χ0) is 11.9. The van der Waals surface area contributed by atoms with Gasteiger partial charge in [-0.2, -0.15) is 4.39 Å². The minimum absolute atomic E-state index is 0.132. The van der Waals surface area contributed by atoms with E-state index < -0.39 is 23.7 Å². The molecular weight excluding hydrogens is 233 g/mol. The maximum absolute atomic E-state index is 13.2. The van der Waals surface area contributed by atoms with Crippen LogP contribution in [0.2, 0.25) is 0 Å². The van der Waals surface area contributed by atoms with E-state index in [1.54, 1.807) is 0 Å². The number of hydrogen-bond acceptors (Lipinski definition) is 2. The van der Waals surface area contributed by atoms with Crippen LogP contribution in [0.4, 0.5) is 22.0 Å². The van der Waals surface area contributed by atoms with Crippen LogP contribution in [0.1, 0.15) is 5.56 Å². The van der Waals surface area contributed by atoms with Gasteiger partial charge >= 0.3 is 6.36 Å². The Kier molecular flexibility index (Phi) is 2.25. The number of nitrogens with one attached hydrogen (secondary N) is 1. The molecular formula is C9H4F5NO. The first-order chi connectivity index (χ1) is 7.38. The quantitative estimate of drug-likeness (QED) is 0.802. The molecule has 0 aromatic heterocycles. The summed E-state index contributed by atoms with van der Waals surface area (Å²) < 4.78 is 65.0. The van der Waals surface area contributed by atoms with Crippen LogP contribution in [0.25, 0.3) is 5.70 Å². The van der Waals surface area contributed by atoms with Gasteiger partial charge in [-0.1, -0.05) is 0 Å². The standard InChI is InChI=1S/C9H4F5NO/c10-7-4(5-3-15-5)1-2-6(8(7)11)16-9(12,13)14/h1-3,15H. The zero-order valence-corrected chi connectivity index (χ0v) is 7.53. The lowest BCUT2D eigenvalue weighted by Crippen LogP contribution is -2.18. The van der Waals surface area contributed by atoms with E-state index in [1.165, 1.54) is 6.20 Å². The van der Waals surface area contributed by atoms with Gasteiger partial charge in [-0.25, -0.2) is 4.39 Å². The lowest BCUT2D eigenvalue weighted by Gasteiger charge is -2.10. The zero-order valence-electron chi connectivity index (χ0n) is 7.53. The van der Waals surface area contributed by atoms with Crippen LogP contribution in [0, 0.1) is 11.6 Å². The molecule has 0 radical (unpaired) electrons. The first kappa shape index (κ1) is 10.7. The van der Waals surface area contributed by atoms with Gasteiger partial charge in [-0.15, -0.1) is 13.2 Å². The molecule has 0 unspecified atom stereocenters. The Labute approximate surface area is 86.3 Å². The molecule has 86 valence electrons. The van der Waals surface area contributed by atoms with Gasteiger partial charge in [0.15, 0.2) is 11.6 Å². The summed E-state index contributed by atoms with van der Waals surface area (Å²) in [6.07, 6.45) is -3.66. The number of ether oxygens (including phenoxy) is 1. The molecule has 0 saturated carbocycles. The Morgan fingerprint density at radius 2 is 1.69 bits per heavy atom. The van der Waals surface area contributed by atoms with Crippen LogP contribution in [0.15, 0.2) is 18.3 Å². The molecule has 0 fully saturated rings. The fourth-order valence-electron chi connectivity index (χ4n) is 1.13. The second-order valence-electron chi connectivity index (χ2n) is 2.99. The maximum Gasteiger partial charge on any atom is 0.573 e. The normalized spacial score (nSPS) is 14.2. The van der Waals surface area contributed by atoms with Crippen molar-refractivity contribution in [1.29, 1.82) is 0 Å². The number of alkyl halides is 3. The van der Waals surface area contributed by atoms with Crippen molar-refractivity contribution in [3.8, 4) is 5.75 Å². The number of benzene rings is 1. The average Bonchev–Trinajstić information content (AvgIpc) is 2.95. The lowest BCUT2D eigenvalue weighted by molar-refractivity contribution is -0.275. The molecule has 1 heterocycles. The average molecular weight is 237 g/mol. The SMILES string of the molecule is Fc1c(OC(F)(F)F)ccc(C2=CN2)c1F. The summed E-state index contributed by atoms with van der Waals surface area (Å²) in [5, 5.41) is 2.51. The number of rotatable bonds is 2. The van der Waals surface area contributed by atoms with Crippen molar-refractivity contribution >= 4 is 5.70 Å². The van der Waals surface area contributed by atoms with Crippen LogP contribution < -0.4 is 10.1 Å². The topological polar surface area (TPSA) is 31.2 Å². The van der Waals surface area contributed by atoms with Gasteiger partial charge < -0.3 is 10.1 Å². The van der Waals surface area contributed by atoms with Gasteiger partial charge in [0.25, 0.3) is 0 Å². The fourth-order valence-corrected chi connectivity index (χ4v) is 1.13. The van der Waals surface area contributed by atoms with E-state index in [0.29, 0.717) is 5.70 Å². The molecule has 1 aliphatic rings. The van der Waals surface area contributed by atoms with Gasteiger partial charge in [0.1, 0.15) is 0 Å². The first-order valence-corrected chi connectivity index (χ1v) is 4.09. The lowest BCUT2D eigenvalue weighted by atomic mass is 10.2. The molecule has 2 rings (SSSR count). The van der Waals surface area contributed by atoms with Crippen molar-refractivity contribution in [2.24, 2.45) is 0 Å². The minimum atomic E-state index is -5.05. The molecule has 1 N–H and O–H groups in total. The van der Waals surface area contributed by atoms with Gasteiger partial charge in [-0.05, 0) is 12.1 Å². The van der Waals surface area contributed by atoms with Crippen molar-refractivity contribution in [2.75, 3.05) is 0 Å². The second kappa shape index (κ2) is 3.36. The molecule has 0 atom stereocenters. The third-order valence-corrected chi connectivity index (χ3v) is 1.85. The van der Waals surface area contributed by atoms with Crippen molar-refractivity contribution < 1.29 is 26.7 Å². The van der Waals surface area contributed by atoms with Gasteiger partial charge in [-0.3, -0.25) is 0 Å². The molecule has 1 aromatic rings. The predicted octanol–water partition coefficient (Wildman–Crippen LogP) is 2.76. The van der Waals surface area contributed by atoms with Crippen molar-refractivity contribution in [3.05, 3.63) is 35.5 Å². The summed E-state index contributed by atoms with van der Waals surface area (Å²) in [5.41, 5.74) is 0.196. The van der Waals surface area contributed by atoms with Crippen LogP contribution in [0.5, 0.6) is 5.75 Å². The highest BCUT2D eigenvalue weighted by Crippen LogP contribution is 2.31. The third-order valence-electron chi connectivity index (χ3n) is 1.85. The molecule has 0 aliphatic carbocycles. The second-order valence-corrected chi connectivity index (χ2v) is 2.99. The maximum atomic E-state index is 13.2. The summed E-state index contributed by atoms with van der Waals surface area (Å²) in [7, 11) is 0. The van der Waals surface area contributed by atoms with E-state index in [1.807, 2.05) is 0 Å². The van der Waals surface area contributed by atoms with Crippen molar-refractivity contribution in [2.45, 2.75) is 6.36 Å². The summed E-state index contributed by atoms with van der Waals surface area (Å²) in [6, 6.07) is 1.73. The summed E-state index contributed by atoms with van der Waals surface area (Å²) in [4.78, 5) is 0. The van der Waals surface area contributed by atoms with E-state index >= 15 is 0 Å². The molecule has 16 heavy (non-hydrogen) atoms. The van der Waals surface area contributed by atoms with E-state index in [9.17, 15) is 22.0 Å². The third kappa shape index (κ3) is 2.07. The van der Waals surface area contributed by atoms with Crippen LogP contribution in [0.3, 0.4) is 0 Å². The largest absolute Gasteiger partial charge is 0.573 e. The van der Waals surface area contributed by atoms with Crippen LogP contribution in [-0.2, 0) is 0 Å². The molecule has 7 heteroatoms. The molecule has 0 saturated heterocycles. The van der Waals surface area contributed by atoms with Gasteiger partial charge in [0, 0.05) is 11.8 Å². The Bertz CT molecular complexity index is 466.